The molecule has 0 bridgehead atoms. The Hall–Kier alpha value is -2.50. The van der Waals surface area contributed by atoms with Crippen molar-refractivity contribution in [3.63, 3.8) is 0 Å². The zero-order valence-electron chi connectivity index (χ0n) is 11.6. The molecule has 6 heteroatoms. The summed E-state index contributed by atoms with van der Waals surface area (Å²) in [5, 5.41) is 0. The van der Waals surface area contributed by atoms with Gasteiger partial charge in [0.15, 0.2) is 5.78 Å². The number of aryl methyl sites for hydroxylation is 1. The molecule has 0 N–H and O–H groups in total. The molecule has 1 heterocycles. The molecule has 0 unspecified atom stereocenters. The van der Waals surface area contributed by atoms with Crippen molar-refractivity contribution in [2.24, 2.45) is 0 Å². The third kappa shape index (κ3) is 3.34. The molecule has 0 saturated heterocycles. The van der Waals surface area contributed by atoms with Crippen LogP contribution < -0.4 is 11.2 Å². The van der Waals surface area contributed by atoms with Gasteiger partial charge in [0.05, 0.1) is 6.54 Å². The zero-order valence-corrected chi connectivity index (χ0v) is 11.6. The Labute approximate surface area is 120 Å². The van der Waals surface area contributed by atoms with E-state index in [1.54, 1.807) is 0 Å². The molecular weight excluding hydrogens is 275 g/mol. The monoisotopic (exact) mass is 290 g/mol. The highest BCUT2D eigenvalue weighted by Gasteiger charge is 2.11. The fraction of sp³-hybridized carbons (Fsp3) is 0.267. The highest BCUT2D eigenvalue weighted by molar-refractivity contribution is 5.95. The zero-order chi connectivity index (χ0) is 15.4. The van der Waals surface area contributed by atoms with Gasteiger partial charge in [-0.05, 0) is 30.7 Å². The van der Waals surface area contributed by atoms with Gasteiger partial charge in [-0.3, -0.25) is 14.2 Å². The maximum Gasteiger partial charge on any atom is 0.331 e. The number of carbonyl (C=O) groups is 1. The third-order valence-corrected chi connectivity index (χ3v) is 3.07. The summed E-state index contributed by atoms with van der Waals surface area (Å²) in [5.41, 5.74) is -0.781. The summed E-state index contributed by atoms with van der Waals surface area (Å²) in [4.78, 5) is 35.9. The fourth-order valence-corrected chi connectivity index (χ4v) is 1.98. The van der Waals surface area contributed by atoms with Crippen LogP contribution in [0.1, 0.15) is 23.7 Å². The second-order valence-corrected chi connectivity index (χ2v) is 4.65. The number of benzene rings is 1. The van der Waals surface area contributed by atoms with Crippen LogP contribution in [0.2, 0.25) is 0 Å². The first-order chi connectivity index (χ1) is 10.0. The van der Waals surface area contributed by atoms with Crippen LogP contribution in [0.3, 0.4) is 0 Å². The lowest BCUT2D eigenvalue weighted by Gasteiger charge is -2.08. The number of aromatic nitrogens is 2. The third-order valence-electron chi connectivity index (χ3n) is 3.07. The SMILES string of the molecule is CCCn1ccc(=O)n(CC(=O)c2ccc(F)cc2)c1=O. The minimum absolute atomic E-state index is 0.258. The molecule has 1 aromatic carbocycles. The van der Waals surface area contributed by atoms with Gasteiger partial charge < -0.3 is 4.57 Å². The van der Waals surface area contributed by atoms with Crippen molar-refractivity contribution in [3.05, 3.63) is 68.7 Å². The Morgan fingerprint density at radius 2 is 1.81 bits per heavy atom. The van der Waals surface area contributed by atoms with Gasteiger partial charge in [-0.15, -0.1) is 0 Å². The second-order valence-electron chi connectivity index (χ2n) is 4.65. The van der Waals surface area contributed by atoms with Crippen LogP contribution in [0.15, 0.2) is 46.1 Å². The lowest BCUT2D eigenvalue weighted by atomic mass is 10.1. The first kappa shape index (κ1) is 14.9. The van der Waals surface area contributed by atoms with Crippen molar-refractivity contribution in [3.8, 4) is 0 Å². The highest BCUT2D eigenvalue weighted by Crippen LogP contribution is 2.04. The van der Waals surface area contributed by atoms with E-state index in [0.29, 0.717) is 6.54 Å². The molecule has 0 aliphatic carbocycles. The van der Waals surface area contributed by atoms with Crippen LogP contribution in [0.4, 0.5) is 4.39 Å². The van der Waals surface area contributed by atoms with Gasteiger partial charge in [0.1, 0.15) is 5.82 Å². The van der Waals surface area contributed by atoms with Crippen molar-refractivity contribution >= 4 is 5.78 Å². The number of ketones is 1. The number of rotatable bonds is 5. The number of carbonyl (C=O) groups excluding carboxylic acids is 1. The average molecular weight is 290 g/mol. The van der Waals surface area contributed by atoms with Crippen LogP contribution >= 0.6 is 0 Å². The Morgan fingerprint density at radius 3 is 2.43 bits per heavy atom. The highest BCUT2D eigenvalue weighted by atomic mass is 19.1. The molecule has 0 saturated carbocycles. The quantitative estimate of drug-likeness (QED) is 0.783. The maximum atomic E-state index is 12.8. The molecule has 0 aliphatic rings. The summed E-state index contributed by atoms with van der Waals surface area (Å²) in [6.45, 7) is 2.03. The molecule has 2 rings (SSSR count). The van der Waals surface area contributed by atoms with Crippen LogP contribution in [0.5, 0.6) is 0 Å². The van der Waals surface area contributed by atoms with E-state index in [0.717, 1.165) is 23.1 Å². The van der Waals surface area contributed by atoms with Gasteiger partial charge in [-0.1, -0.05) is 6.92 Å². The lowest BCUT2D eigenvalue weighted by molar-refractivity contribution is 0.0968. The number of Topliss-reactive ketones (excluding diaryl/α,β-unsaturated/α-hetero) is 1. The smallest absolute Gasteiger partial charge is 0.300 e. The van der Waals surface area contributed by atoms with E-state index in [2.05, 4.69) is 0 Å². The van der Waals surface area contributed by atoms with Gasteiger partial charge in [0.25, 0.3) is 5.56 Å². The molecule has 0 amide bonds. The molecule has 0 fully saturated rings. The predicted molar refractivity (Wildman–Crippen MR) is 76.0 cm³/mol. The molecule has 1 aromatic heterocycles. The van der Waals surface area contributed by atoms with E-state index >= 15 is 0 Å². The second kappa shape index (κ2) is 6.30. The molecule has 2 aromatic rings. The van der Waals surface area contributed by atoms with E-state index in [-0.39, 0.29) is 12.1 Å². The molecule has 5 nitrogen and oxygen atoms in total. The topological polar surface area (TPSA) is 61.1 Å². The number of hydrogen-bond acceptors (Lipinski definition) is 3. The standard InChI is InChI=1S/C15H15FN2O3/c1-2-8-17-9-7-14(20)18(15(17)21)10-13(19)11-3-5-12(16)6-4-11/h3-7,9H,2,8,10H2,1H3. The van der Waals surface area contributed by atoms with Gasteiger partial charge in [0, 0.05) is 24.4 Å². The maximum absolute atomic E-state index is 12.8. The molecule has 0 atom stereocenters. The average Bonchev–Trinajstić information content (AvgIpc) is 2.47. The van der Waals surface area contributed by atoms with Crippen molar-refractivity contribution < 1.29 is 9.18 Å². The van der Waals surface area contributed by atoms with Crippen molar-refractivity contribution in [1.29, 1.82) is 0 Å². The predicted octanol–water partition coefficient (Wildman–Crippen LogP) is 1.44. The summed E-state index contributed by atoms with van der Waals surface area (Å²) in [5.74, 6) is -0.864. The normalized spacial score (nSPS) is 10.6. The largest absolute Gasteiger partial charge is 0.331 e. The molecule has 0 radical (unpaired) electrons. The number of nitrogens with zero attached hydrogens (tertiary/aromatic N) is 2. The van der Waals surface area contributed by atoms with Crippen LogP contribution in [-0.2, 0) is 13.1 Å². The summed E-state index contributed by atoms with van der Waals surface area (Å²) < 4.78 is 15.1. The molecule has 110 valence electrons. The molecule has 0 aliphatic heterocycles. The number of halogens is 1. The minimum atomic E-state index is -0.525. The van der Waals surface area contributed by atoms with Gasteiger partial charge >= 0.3 is 5.69 Å². The van der Waals surface area contributed by atoms with Crippen molar-refractivity contribution in [2.45, 2.75) is 26.4 Å². The number of hydrogen-bond donors (Lipinski definition) is 0. The Balaban J connectivity index is 2.33. The molecule has 0 spiro atoms. The molecule has 21 heavy (non-hydrogen) atoms. The first-order valence-corrected chi connectivity index (χ1v) is 6.62. The van der Waals surface area contributed by atoms with E-state index in [4.69, 9.17) is 0 Å². The van der Waals surface area contributed by atoms with E-state index in [9.17, 15) is 18.8 Å². The van der Waals surface area contributed by atoms with Crippen molar-refractivity contribution in [2.75, 3.05) is 0 Å². The fourth-order valence-electron chi connectivity index (χ4n) is 1.98. The Kier molecular flexibility index (Phi) is 4.47. The van der Waals surface area contributed by atoms with E-state index in [1.807, 2.05) is 6.92 Å². The van der Waals surface area contributed by atoms with Gasteiger partial charge in [0.2, 0.25) is 0 Å². The van der Waals surface area contributed by atoms with Crippen LogP contribution in [-0.4, -0.2) is 14.9 Å². The summed E-state index contributed by atoms with van der Waals surface area (Å²) in [7, 11) is 0. The Morgan fingerprint density at radius 1 is 1.14 bits per heavy atom. The van der Waals surface area contributed by atoms with Crippen LogP contribution in [0, 0.1) is 5.82 Å². The summed E-state index contributed by atoms with van der Waals surface area (Å²) >= 11 is 0. The summed E-state index contributed by atoms with van der Waals surface area (Å²) in [6, 6.07) is 6.24. The van der Waals surface area contributed by atoms with E-state index in [1.165, 1.54) is 29.0 Å². The minimum Gasteiger partial charge on any atom is -0.300 e. The lowest BCUT2D eigenvalue weighted by Crippen LogP contribution is -2.40. The first-order valence-electron chi connectivity index (χ1n) is 6.62. The van der Waals surface area contributed by atoms with Crippen molar-refractivity contribution in [1.82, 2.24) is 9.13 Å². The van der Waals surface area contributed by atoms with E-state index < -0.39 is 22.8 Å². The summed E-state index contributed by atoms with van der Waals surface area (Å²) in [6.07, 6.45) is 2.16. The van der Waals surface area contributed by atoms with Crippen LogP contribution in [0.25, 0.3) is 0 Å². The molecular formula is C15H15FN2O3. The van der Waals surface area contributed by atoms with Gasteiger partial charge in [-0.2, -0.15) is 0 Å². The Bertz CT molecular complexity index is 760. The van der Waals surface area contributed by atoms with Gasteiger partial charge in [-0.25, -0.2) is 9.18 Å².